The van der Waals surface area contributed by atoms with Crippen molar-refractivity contribution in [3.05, 3.63) is 41.5 Å². The van der Waals surface area contributed by atoms with E-state index in [0.29, 0.717) is 19.5 Å². The van der Waals surface area contributed by atoms with Gasteiger partial charge in [-0.2, -0.15) is 4.31 Å². The summed E-state index contributed by atoms with van der Waals surface area (Å²) in [5, 5.41) is 2.63. The van der Waals surface area contributed by atoms with Crippen molar-refractivity contribution in [2.75, 3.05) is 18.4 Å². The number of aryl methyl sites for hydroxylation is 2. The molecule has 0 radical (unpaired) electrons. The van der Waals surface area contributed by atoms with Crippen molar-refractivity contribution >= 4 is 21.7 Å². The number of piperidine rings is 1. The maximum atomic E-state index is 12.6. The van der Waals surface area contributed by atoms with E-state index in [2.05, 4.69) is 10.3 Å². The first-order chi connectivity index (χ1) is 12.4. The van der Waals surface area contributed by atoms with E-state index in [1.54, 1.807) is 6.07 Å². The second kappa shape index (κ2) is 7.59. The molecule has 0 unspecified atom stereocenters. The largest absolute Gasteiger partial charge is 0.456 e. The number of furan rings is 1. The van der Waals surface area contributed by atoms with Crippen LogP contribution in [0.15, 0.2) is 33.7 Å². The molecule has 0 saturated carbocycles. The Hall–Kier alpha value is -2.19. The molecule has 2 aromatic rings. The lowest BCUT2D eigenvalue weighted by atomic mass is 10.2. The molecule has 140 valence electrons. The molecule has 3 rings (SSSR count). The minimum Gasteiger partial charge on any atom is -0.456 e. The summed E-state index contributed by atoms with van der Waals surface area (Å²) >= 11 is 0. The fraction of sp³-hybridized carbons (Fsp3) is 0.444. The van der Waals surface area contributed by atoms with Gasteiger partial charge >= 0.3 is 0 Å². The van der Waals surface area contributed by atoms with Crippen LogP contribution in [0.5, 0.6) is 0 Å². The average Bonchev–Trinajstić information content (AvgIpc) is 3.04. The molecule has 1 aliphatic heterocycles. The van der Waals surface area contributed by atoms with Gasteiger partial charge in [0, 0.05) is 25.7 Å². The zero-order chi connectivity index (χ0) is 18.7. The Morgan fingerprint density at radius 2 is 2.00 bits per heavy atom. The van der Waals surface area contributed by atoms with E-state index in [4.69, 9.17) is 4.42 Å². The maximum Gasteiger partial charge on any atom is 0.292 e. The van der Waals surface area contributed by atoms with Gasteiger partial charge in [-0.1, -0.05) is 13.3 Å². The smallest absolute Gasteiger partial charge is 0.292 e. The van der Waals surface area contributed by atoms with Crippen LogP contribution in [0.2, 0.25) is 0 Å². The summed E-state index contributed by atoms with van der Waals surface area (Å²) in [4.78, 5) is 16.5. The molecule has 1 saturated heterocycles. The summed E-state index contributed by atoms with van der Waals surface area (Å²) < 4.78 is 32.2. The number of anilines is 1. The minimum absolute atomic E-state index is 0.138. The van der Waals surface area contributed by atoms with Crippen LogP contribution in [0.1, 0.15) is 48.1 Å². The second-order valence-corrected chi connectivity index (χ2v) is 8.31. The average molecular weight is 377 g/mol. The number of amides is 1. The lowest BCUT2D eigenvalue weighted by molar-refractivity contribution is 0.0994. The van der Waals surface area contributed by atoms with Crippen LogP contribution < -0.4 is 5.32 Å². The molecule has 8 heteroatoms. The molecule has 0 spiro atoms. The van der Waals surface area contributed by atoms with E-state index in [9.17, 15) is 13.2 Å². The van der Waals surface area contributed by atoms with E-state index in [1.807, 2.05) is 13.8 Å². The SMILES string of the molecule is CCc1oc(C(=O)Nc2ccc(S(=O)(=O)N3CCCCC3)cn2)cc1C. The van der Waals surface area contributed by atoms with E-state index < -0.39 is 15.9 Å². The second-order valence-electron chi connectivity index (χ2n) is 6.37. The van der Waals surface area contributed by atoms with Gasteiger partial charge in [0.2, 0.25) is 10.0 Å². The molecule has 2 aromatic heterocycles. The number of sulfonamides is 1. The Balaban J connectivity index is 1.71. The third-order valence-electron chi connectivity index (χ3n) is 4.50. The topological polar surface area (TPSA) is 92.5 Å². The van der Waals surface area contributed by atoms with Crippen LogP contribution in [0, 0.1) is 6.92 Å². The maximum absolute atomic E-state index is 12.6. The van der Waals surface area contributed by atoms with Crippen molar-refractivity contribution in [1.82, 2.24) is 9.29 Å². The van der Waals surface area contributed by atoms with Gasteiger partial charge < -0.3 is 9.73 Å². The number of carbonyl (C=O) groups is 1. The third kappa shape index (κ3) is 3.81. The Kier molecular flexibility index (Phi) is 5.43. The van der Waals surface area contributed by atoms with Gasteiger partial charge in [-0.15, -0.1) is 0 Å². The van der Waals surface area contributed by atoms with Crippen LogP contribution in [-0.2, 0) is 16.4 Å². The number of hydrogen-bond donors (Lipinski definition) is 1. The first-order valence-electron chi connectivity index (χ1n) is 8.78. The first-order valence-corrected chi connectivity index (χ1v) is 10.2. The highest BCUT2D eigenvalue weighted by Crippen LogP contribution is 2.21. The molecule has 1 N–H and O–H groups in total. The highest BCUT2D eigenvalue weighted by atomic mass is 32.2. The molecular formula is C18H23N3O4S. The van der Waals surface area contributed by atoms with Gasteiger partial charge in [0.15, 0.2) is 5.76 Å². The van der Waals surface area contributed by atoms with Crippen molar-refractivity contribution in [2.24, 2.45) is 0 Å². The summed E-state index contributed by atoms with van der Waals surface area (Å²) in [6, 6.07) is 4.64. The molecule has 0 aliphatic carbocycles. The fourth-order valence-corrected chi connectivity index (χ4v) is 4.48. The van der Waals surface area contributed by atoms with Crippen LogP contribution in [-0.4, -0.2) is 36.7 Å². The molecule has 1 fully saturated rings. The van der Waals surface area contributed by atoms with Gasteiger partial charge in [-0.05, 0) is 43.5 Å². The van der Waals surface area contributed by atoms with Crippen molar-refractivity contribution in [3.8, 4) is 0 Å². The van der Waals surface area contributed by atoms with Crippen molar-refractivity contribution in [2.45, 2.75) is 44.4 Å². The lowest BCUT2D eigenvalue weighted by Crippen LogP contribution is -2.35. The van der Waals surface area contributed by atoms with Crippen molar-refractivity contribution < 1.29 is 17.6 Å². The van der Waals surface area contributed by atoms with Gasteiger partial charge in [-0.25, -0.2) is 13.4 Å². The molecule has 26 heavy (non-hydrogen) atoms. The van der Waals surface area contributed by atoms with Crippen molar-refractivity contribution in [1.29, 1.82) is 0 Å². The summed E-state index contributed by atoms with van der Waals surface area (Å²) in [5.74, 6) is 0.851. The minimum atomic E-state index is -3.53. The molecule has 1 amide bonds. The molecule has 1 aliphatic rings. The van der Waals surface area contributed by atoms with Crippen molar-refractivity contribution in [3.63, 3.8) is 0 Å². The van der Waals surface area contributed by atoms with Gasteiger partial charge in [0.05, 0.1) is 0 Å². The van der Waals surface area contributed by atoms with E-state index in [0.717, 1.165) is 30.6 Å². The van der Waals surface area contributed by atoms with Crippen LogP contribution >= 0.6 is 0 Å². The molecule has 0 aromatic carbocycles. The van der Waals surface area contributed by atoms with Gasteiger partial charge in [0.25, 0.3) is 5.91 Å². The Labute approximate surface area is 153 Å². The number of nitrogens with one attached hydrogen (secondary N) is 1. The Morgan fingerprint density at radius 3 is 2.58 bits per heavy atom. The van der Waals surface area contributed by atoms with Gasteiger partial charge in [0.1, 0.15) is 16.5 Å². The highest BCUT2D eigenvalue weighted by molar-refractivity contribution is 7.89. The standard InChI is InChI=1S/C18H23N3O4S/c1-3-15-13(2)11-16(25-15)18(22)20-17-8-7-14(12-19-17)26(23,24)21-9-5-4-6-10-21/h7-8,11-12H,3-6,9-10H2,1-2H3,(H,19,20,22). The van der Waals surface area contributed by atoms with Gasteiger partial charge in [-0.3, -0.25) is 4.79 Å². The highest BCUT2D eigenvalue weighted by Gasteiger charge is 2.26. The van der Waals surface area contributed by atoms with Crippen LogP contribution in [0.25, 0.3) is 0 Å². The predicted molar refractivity (Wildman–Crippen MR) is 97.6 cm³/mol. The van der Waals surface area contributed by atoms with E-state index in [-0.39, 0.29) is 16.5 Å². The Bertz CT molecular complexity index is 882. The monoisotopic (exact) mass is 377 g/mol. The number of carbonyl (C=O) groups excluding carboxylic acids is 1. The number of nitrogens with zero attached hydrogens (tertiary/aromatic N) is 2. The number of pyridine rings is 1. The number of rotatable bonds is 5. The first kappa shape index (κ1) is 18.6. The predicted octanol–water partition coefficient (Wildman–Crippen LogP) is 2.97. The third-order valence-corrected chi connectivity index (χ3v) is 6.38. The van der Waals surface area contributed by atoms with E-state index >= 15 is 0 Å². The lowest BCUT2D eigenvalue weighted by Gasteiger charge is -2.25. The van der Waals surface area contributed by atoms with Crippen LogP contribution in [0.3, 0.4) is 0 Å². The quantitative estimate of drug-likeness (QED) is 0.865. The molecule has 0 atom stereocenters. The normalized spacial score (nSPS) is 15.8. The molecule has 0 bridgehead atoms. The Morgan fingerprint density at radius 1 is 1.27 bits per heavy atom. The van der Waals surface area contributed by atoms with Crippen LogP contribution in [0.4, 0.5) is 5.82 Å². The number of hydrogen-bond acceptors (Lipinski definition) is 5. The summed E-state index contributed by atoms with van der Waals surface area (Å²) in [7, 11) is -3.53. The summed E-state index contributed by atoms with van der Waals surface area (Å²) in [6.07, 6.45) is 4.80. The van der Waals surface area contributed by atoms with E-state index in [1.165, 1.54) is 22.6 Å². The zero-order valence-corrected chi connectivity index (χ0v) is 15.8. The summed E-state index contributed by atoms with van der Waals surface area (Å²) in [5.41, 5.74) is 0.925. The zero-order valence-electron chi connectivity index (χ0n) is 15.0. The molecular weight excluding hydrogens is 354 g/mol. The summed E-state index contributed by atoms with van der Waals surface area (Å²) in [6.45, 7) is 4.92. The molecule has 7 nitrogen and oxygen atoms in total. The number of aromatic nitrogens is 1. The fourth-order valence-electron chi connectivity index (χ4n) is 3.02. The molecule has 3 heterocycles.